The molecule has 11 heteroatoms. The molecule has 0 aliphatic heterocycles. The molecule has 10 nitrogen and oxygen atoms in total. The fourth-order valence-corrected chi connectivity index (χ4v) is 4.15. The Bertz CT molecular complexity index is 1500. The molecule has 1 aliphatic rings. The summed E-state index contributed by atoms with van der Waals surface area (Å²) in [5.74, 6) is -0.758. The fraction of sp³-hybridized carbons (Fsp3) is 0.258. The number of amides is 2. The Hall–Kier alpha value is -4.70. The Morgan fingerprint density at radius 3 is 2.40 bits per heavy atom. The molecule has 0 unspecified atom stereocenters. The molecule has 42 heavy (non-hydrogen) atoms. The summed E-state index contributed by atoms with van der Waals surface area (Å²) in [5.41, 5.74) is 7.95. The molecule has 0 spiro atoms. The molecular formula is C31H34ClN5O5. The number of ether oxygens (including phenoxy) is 2. The molecule has 0 atom stereocenters. The molecule has 1 saturated carbocycles. The minimum atomic E-state index is -0.711. The second kappa shape index (κ2) is 14.3. The summed E-state index contributed by atoms with van der Waals surface area (Å²) in [6.07, 6.45) is 4.31. The van der Waals surface area contributed by atoms with Gasteiger partial charge in [0.1, 0.15) is 17.3 Å². The third kappa shape index (κ3) is 7.52. The first-order valence-corrected chi connectivity index (χ1v) is 13.3. The Kier molecular flexibility index (Phi) is 10.8. The Morgan fingerprint density at radius 1 is 1.10 bits per heavy atom. The monoisotopic (exact) mass is 591 g/mol. The van der Waals surface area contributed by atoms with E-state index in [0.29, 0.717) is 52.6 Å². The molecule has 0 radical (unpaired) electrons. The third-order valence-corrected chi connectivity index (χ3v) is 6.59. The Balaban J connectivity index is 0.00000484. The van der Waals surface area contributed by atoms with Crippen molar-refractivity contribution < 1.29 is 23.9 Å². The van der Waals surface area contributed by atoms with E-state index in [4.69, 9.17) is 20.6 Å². The smallest absolute Gasteiger partial charge is 0.357 e. The first-order chi connectivity index (χ1) is 19.7. The van der Waals surface area contributed by atoms with Gasteiger partial charge in [-0.1, -0.05) is 19.6 Å². The number of nitrogen functional groups attached to an aromatic ring is 1. The van der Waals surface area contributed by atoms with Crippen molar-refractivity contribution in [1.82, 2.24) is 10.3 Å². The minimum Gasteiger partial charge on any atom is -0.496 e. The van der Waals surface area contributed by atoms with E-state index in [1.165, 1.54) is 13.2 Å². The highest BCUT2D eigenvalue weighted by atomic mass is 35.5. The maximum absolute atomic E-state index is 13.6. The molecule has 1 fully saturated rings. The number of carbonyl (C=O) groups excluding carboxylic acids is 3. The van der Waals surface area contributed by atoms with Crippen LogP contribution in [-0.2, 0) is 4.74 Å². The number of carbonyl (C=O) groups is 3. The first kappa shape index (κ1) is 31.8. The van der Waals surface area contributed by atoms with E-state index in [1.54, 1.807) is 48.5 Å². The molecule has 2 aromatic carbocycles. The van der Waals surface area contributed by atoms with Gasteiger partial charge in [-0.25, -0.2) is 9.78 Å². The van der Waals surface area contributed by atoms with Gasteiger partial charge in [-0.05, 0) is 73.7 Å². The average molecular weight is 592 g/mol. The highest BCUT2D eigenvalue weighted by molar-refractivity contribution is 6.11. The van der Waals surface area contributed by atoms with Gasteiger partial charge >= 0.3 is 5.97 Å². The van der Waals surface area contributed by atoms with Crippen LogP contribution in [0.25, 0.3) is 17.2 Å². The largest absolute Gasteiger partial charge is 0.496 e. The molecular weight excluding hydrogens is 558 g/mol. The van der Waals surface area contributed by atoms with Gasteiger partial charge in [-0.15, -0.1) is 12.4 Å². The quantitative estimate of drug-likeness (QED) is 0.130. The van der Waals surface area contributed by atoms with Gasteiger partial charge in [0.2, 0.25) is 0 Å². The summed E-state index contributed by atoms with van der Waals surface area (Å²) in [6.45, 7) is 6.41. The highest BCUT2D eigenvalue weighted by Gasteiger charge is 2.26. The van der Waals surface area contributed by atoms with E-state index in [-0.39, 0.29) is 47.7 Å². The summed E-state index contributed by atoms with van der Waals surface area (Å²) in [5, 5.41) is 13.3. The van der Waals surface area contributed by atoms with E-state index < -0.39 is 11.9 Å². The van der Waals surface area contributed by atoms with Crippen molar-refractivity contribution in [2.24, 2.45) is 11.7 Å². The van der Waals surface area contributed by atoms with Crippen LogP contribution < -0.4 is 21.1 Å². The number of anilines is 1. The number of nitrogens with one attached hydrogen (secondary N) is 3. The standard InChI is InChI=1S/C31H33N5O5.ClH/c1-4-14-41-31(39)27-22(12-13-25(36-27)30(38)34-17-18-6-7-18)23-16-26(40-3)19(5-2)15-24(23)29(37)35-21-10-8-20(9-11-21)28(32)33;/h5,8-13,15-16,18H,2,4,6-7,14,17H2,1,3H3,(H3,32,33)(H,34,38)(H,35,37);1H. The van der Waals surface area contributed by atoms with E-state index in [2.05, 4.69) is 22.2 Å². The molecule has 0 saturated heterocycles. The molecule has 1 aliphatic carbocycles. The van der Waals surface area contributed by atoms with E-state index in [9.17, 15) is 14.4 Å². The van der Waals surface area contributed by atoms with Crippen LogP contribution in [0.2, 0.25) is 0 Å². The lowest BCUT2D eigenvalue weighted by Crippen LogP contribution is -2.27. The number of pyridine rings is 1. The second-order valence-electron chi connectivity index (χ2n) is 9.67. The molecule has 2 amide bonds. The maximum atomic E-state index is 13.6. The van der Waals surface area contributed by atoms with Crippen LogP contribution in [0.4, 0.5) is 5.69 Å². The zero-order valence-electron chi connectivity index (χ0n) is 23.5. The lowest BCUT2D eigenvalue weighted by atomic mass is 9.94. The number of nitrogens with zero attached hydrogens (tertiary/aromatic N) is 1. The predicted molar refractivity (Wildman–Crippen MR) is 165 cm³/mol. The lowest BCUT2D eigenvalue weighted by molar-refractivity contribution is 0.0499. The van der Waals surface area contributed by atoms with Gasteiger partial charge in [-0.2, -0.15) is 0 Å². The summed E-state index contributed by atoms with van der Waals surface area (Å²) < 4.78 is 10.9. The van der Waals surface area contributed by atoms with Gasteiger partial charge in [0.05, 0.1) is 13.7 Å². The van der Waals surface area contributed by atoms with Crippen LogP contribution in [0.1, 0.15) is 68.6 Å². The Morgan fingerprint density at radius 2 is 1.81 bits per heavy atom. The number of nitrogens with two attached hydrogens (primary N) is 1. The molecule has 1 heterocycles. The molecule has 220 valence electrons. The van der Waals surface area contributed by atoms with Crippen molar-refractivity contribution in [2.45, 2.75) is 26.2 Å². The van der Waals surface area contributed by atoms with Gasteiger partial charge in [0, 0.05) is 40.0 Å². The Labute approximate surface area is 250 Å². The van der Waals surface area contributed by atoms with E-state index in [0.717, 1.165) is 12.8 Å². The molecule has 5 N–H and O–H groups in total. The van der Waals surface area contributed by atoms with Crippen molar-refractivity contribution in [2.75, 3.05) is 25.6 Å². The first-order valence-electron chi connectivity index (χ1n) is 13.3. The molecule has 3 aromatic rings. The number of halogens is 1. The zero-order chi connectivity index (χ0) is 29.5. The number of hydrogen-bond donors (Lipinski definition) is 4. The number of methoxy groups -OCH3 is 1. The highest BCUT2D eigenvalue weighted by Crippen LogP contribution is 2.35. The number of esters is 1. The lowest BCUT2D eigenvalue weighted by Gasteiger charge is -2.17. The summed E-state index contributed by atoms with van der Waals surface area (Å²) >= 11 is 0. The van der Waals surface area contributed by atoms with Crippen LogP contribution >= 0.6 is 12.4 Å². The van der Waals surface area contributed by atoms with Crippen molar-refractivity contribution in [3.63, 3.8) is 0 Å². The SMILES string of the molecule is C=Cc1cc(C(=O)Nc2ccc(C(=N)N)cc2)c(-c2ccc(C(=O)NCC3CC3)nc2C(=O)OCCC)cc1OC.Cl. The normalized spacial score (nSPS) is 12.0. The topological polar surface area (TPSA) is 156 Å². The summed E-state index contributed by atoms with van der Waals surface area (Å²) in [7, 11) is 1.49. The molecule has 0 bridgehead atoms. The van der Waals surface area contributed by atoms with Gasteiger partial charge in [0.15, 0.2) is 5.69 Å². The minimum absolute atomic E-state index is 0. The number of hydrogen-bond acceptors (Lipinski definition) is 7. The number of amidine groups is 1. The van der Waals surface area contributed by atoms with Crippen LogP contribution in [0.5, 0.6) is 5.75 Å². The van der Waals surface area contributed by atoms with Crippen molar-refractivity contribution >= 4 is 47.8 Å². The summed E-state index contributed by atoms with van der Waals surface area (Å²) in [6, 6.07) is 12.9. The van der Waals surface area contributed by atoms with E-state index in [1.807, 2.05) is 6.92 Å². The second-order valence-corrected chi connectivity index (χ2v) is 9.67. The van der Waals surface area contributed by atoms with Crippen LogP contribution in [0.3, 0.4) is 0 Å². The fourth-order valence-electron chi connectivity index (χ4n) is 4.15. The van der Waals surface area contributed by atoms with Gasteiger partial charge in [0.25, 0.3) is 11.8 Å². The molecule has 4 rings (SSSR count). The maximum Gasteiger partial charge on any atom is 0.357 e. The number of aromatic nitrogens is 1. The van der Waals surface area contributed by atoms with Crippen LogP contribution in [-0.4, -0.2) is 48.9 Å². The van der Waals surface area contributed by atoms with Crippen molar-refractivity contribution in [3.05, 3.63) is 83.2 Å². The predicted octanol–water partition coefficient (Wildman–Crippen LogP) is 5.06. The average Bonchev–Trinajstić information content (AvgIpc) is 3.82. The summed E-state index contributed by atoms with van der Waals surface area (Å²) in [4.78, 5) is 44.0. The van der Waals surface area contributed by atoms with E-state index >= 15 is 0 Å². The van der Waals surface area contributed by atoms with Gasteiger partial charge < -0.3 is 25.8 Å². The van der Waals surface area contributed by atoms with Crippen molar-refractivity contribution in [3.8, 4) is 16.9 Å². The van der Waals surface area contributed by atoms with Gasteiger partial charge in [-0.3, -0.25) is 15.0 Å². The molecule has 1 aromatic heterocycles. The van der Waals surface area contributed by atoms with Crippen molar-refractivity contribution in [1.29, 1.82) is 5.41 Å². The third-order valence-electron chi connectivity index (χ3n) is 6.59. The van der Waals surface area contributed by atoms with Crippen LogP contribution in [0, 0.1) is 11.3 Å². The zero-order valence-corrected chi connectivity index (χ0v) is 24.3. The number of rotatable bonds is 12. The number of benzene rings is 2. The van der Waals surface area contributed by atoms with Crippen LogP contribution in [0.15, 0.2) is 55.1 Å².